The van der Waals surface area contributed by atoms with Crippen molar-refractivity contribution in [1.29, 1.82) is 0 Å². The first-order valence-electron chi connectivity index (χ1n) is 7.73. The van der Waals surface area contributed by atoms with Gasteiger partial charge in [0.2, 0.25) is 5.91 Å². The van der Waals surface area contributed by atoms with Crippen LogP contribution < -0.4 is 10.2 Å². The van der Waals surface area contributed by atoms with Crippen molar-refractivity contribution in [2.45, 2.75) is 6.42 Å². The molecule has 0 saturated carbocycles. The summed E-state index contributed by atoms with van der Waals surface area (Å²) < 4.78 is 26.1. The largest absolute Gasteiger partial charge is 0.352 e. The molecule has 0 aliphatic carbocycles. The minimum atomic E-state index is -1.07. The number of halogens is 3. The van der Waals surface area contributed by atoms with Crippen LogP contribution in [0.2, 0.25) is 5.02 Å². The molecule has 130 valence electrons. The molecule has 1 heterocycles. The molecule has 0 spiro atoms. The first kappa shape index (κ1) is 17.4. The van der Waals surface area contributed by atoms with Crippen molar-refractivity contribution in [2.24, 2.45) is 5.92 Å². The molecule has 0 aromatic heterocycles. The molecule has 1 aliphatic rings. The molecule has 25 heavy (non-hydrogen) atoms. The second kappa shape index (κ2) is 7.19. The molecule has 0 bridgehead atoms. The lowest BCUT2D eigenvalue weighted by atomic mass is 10.1. The van der Waals surface area contributed by atoms with Gasteiger partial charge in [0.25, 0.3) is 5.91 Å². The van der Waals surface area contributed by atoms with Crippen LogP contribution in [0, 0.1) is 17.6 Å². The second-order valence-electron chi connectivity index (χ2n) is 5.89. The van der Waals surface area contributed by atoms with E-state index in [1.165, 1.54) is 6.07 Å². The molecule has 2 amide bonds. The number of amides is 2. The highest BCUT2D eigenvalue weighted by Crippen LogP contribution is 2.26. The topological polar surface area (TPSA) is 49.4 Å². The van der Waals surface area contributed by atoms with Crippen molar-refractivity contribution in [3.63, 3.8) is 0 Å². The predicted octanol–water partition coefficient (Wildman–Crippen LogP) is 3.40. The molecule has 1 saturated heterocycles. The Kier molecular flexibility index (Phi) is 4.99. The van der Waals surface area contributed by atoms with Crippen molar-refractivity contribution in [1.82, 2.24) is 5.32 Å². The summed E-state index contributed by atoms with van der Waals surface area (Å²) in [6, 6.07) is 9.93. The molecule has 7 heteroatoms. The Labute approximate surface area is 148 Å². The third kappa shape index (κ3) is 3.96. The number of anilines is 1. The van der Waals surface area contributed by atoms with Gasteiger partial charge in [-0.25, -0.2) is 8.78 Å². The molecular formula is C18H15ClF2N2O2. The van der Waals surface area contributed by atoms with Crippen molar-refractivity contribution in [3.05, 3.63) is 64.7 Å². The fraction of sp³-hybridized carbons (Fsp3) is 0.222. The van der Waals surface area contributed by atoms with Crippen molar-refractivity contribution >= 4 is 29.1 Å². The van der Waals surface area contributed by atoms with Crippen LogP contribution in [0.15, 0.2) is 42.5 Å². The van der Waals surface area contributed by atoms with Crippen LogP contribution in [-0.2, 0) is 4.79 Å². The lowest BCUT2D eigenvalue weighted by molar-refractivity contribution is -0.117. The number of nitrogens with one attached hydrogen (secondary N) is 1. The molecule has 1 fully saturated rings. The Hall–Kier alpha value is -2.47. The third-order valence-electron chi connectivity index (χ3n) is 4.08. The predicted molar refractivity (Wildman–Crippen MR) is 90.6 cm³/mol. The van der Waals surface area contributed by atoms with E-state index < -0.39 is 17.5 Å². The first-order valence-corrected chi connectivity index (χ1v) is 8.11. The van der Waals surface area contributed by atoms with Gasteiger partial charge in [-0.05, 0) is 42.5 Å². The quantitative estimate of drug-likeness (QED) is 0.904. The summed E-state index contributed by atoms with van der Waals surface area (Å²) in [7, 11) is 0. The van der Waals surface area contributed by atoms with E-state index in [0.29, 0.717) is 18.0 Å². The molecule has 1 atom stereocenters. The van der Waals surface area contributed by atoms with Crippen LogP contribution in [0.4, 0.5) is 14.5 Å². The van der Waals surface area contributed by atoms with E-state index in [0.717, 1.165) is 17.8 Å². The van der Waals surface area contributed by atoms with Crippen LogP contribution >= 0.6 is 11.6 Å². The molecule has 2 aromatic rings. The van der Waals surface area contributed by atoms with Crippen LogP contribution in [0.3, 0.4) is 0 Å². The number of nitrogens with zero attached hydrogens (tertiary/aromatic N) is 1. The maximum atomic E-state index is 13.2. The van der Waals surface area contributed by atoms with Gasteiger partial charge in [0, 0.05) is 41.7 Å². The minimum absolute atomic E-state index is 0.0330. The number of hydrogen-bond donors (Lipinski definition) is 1. The minimum Gasteiger partial charge on any atom is -0.352 e. The van der Waals surface area contributed by atoms with Crippen LogP contribution in [0.5, 0.6) is 0 Å². The molecule has 4 nitrogen and oxygen atoms in total. The summed E-state index contributed by atoms with van der Waals surface area (Å²) in [5.41, 5.74) is 0.793. The van der Waals surface area contributed by atoms with Crippen molar-refractivity contribution < 1.29 is 18.4 Å². The highest BCUT2D eigenvalue weighted by molar-refractivity contribution is 6.30. The maximum Gasteiger partial charge on any atom is 0.251 e. The molecule has 1 aliphatic heterocycles. The van der Waals surface area contributed by atoms with Gasteiger partial charge in [0.05, 0.1) is 0 Å². The Balaban J connectivity index is 1.59. The Morgan fingerprint density at radius 2 is 1.88 bits per heavy atom. The monoisotopic (exact) mass is 364 g/mol. The number of carbonyl (C=O) groups excluding carboxylic acids is 2. The van der Waals surface area contributed by atoms with Gasteiger partial charge in [0.1, 0.15) is 0 Å². The molecule has 1 N–H and O–H groups in total. The van der Waals surface area contributed by atoms with Gasteiger partial charge in [-0.2, -0.15) is 0 Å². The van der Waals surface area contributed by atoms with Gasteiger partial charge >= 0.3 is 0 Å². The van der Waals surface area contributed by atoms with E-state index in [-0.39, 0.29) is 23.9 Å². The van der Waals surface area contributed by atoms with E-state index in [4.69, 9.17) is 11.6 Å². The van der Waals surface area contributed by atoms with Crippen molar-refractivity contribution in [3.8, 4) is 0 Å². The van der Waals surface area contributed by atoms with Crippen molar-refractivity contribution in [2.75, 3.05) is 18.0 Å². The van der Waals surface area contributed by atoms with E-state index in [1.807, 2.05) is 0 Å². The zero-order valence-corrected chi connectivity index (χ0v) is 13.9. The summed E-state index contributed by atoms with van der Waals surface area (Å²) >= 11 is 5.85. The molecule has 0 unspecified atom stereocenters. The van der Waals surface area contributed by atoms with E-state index in [2.05, 4.69) is 5.32 Å². The van der Waals surface area contributed by atoms with Gasteiger partial charge in [-0.1, -0.05) is 11.6 Å². The molecular weight excluding hydrogens is 350 g/mol. The standard InChI is InChI=1S/C18H15ClF2N2O2/c19-13-2-4-14(5-3-13)23-10-11(7-17(23)24)9-22-18(25)12-1-6-15(20)16(21)8-12/h1-6,8,11H,7,9-10H2,(H,22,25)/t11-/m1/s1. The summed E-state index contributed by atoms with van der Waals surface area (Å²) in [5.74, 6) is -2.67. The normalized spacial score (nSPS) is 17.0. The third-order valence-corrected chi connectivity index (χ3v) is 4.33. The summed E-state index contributed by atoms with van der Waals surface area (Å²) in [5, 5.41) is 3.25. The van der Waals surface area contributed by atoms with Gasteiger partial charge in [0.15, 0.2) is 11.6 Å². The number of benzene rings is 2. The molecule has 0 radical (unpaired) electrons. The van der Waals surface area contributed by atoms with E-state index in [9.17, 15) is 18.4 Å². The summed E-state index contributed by atoms with van der Waals surface area (Å²) in [6.45, 7) is 0.742. The molecule has 2 aromatic carbocycles. The average molecular weight is 365 g/mol. The fourth-order valence-electron chi connectivity index (χ4n) is 2.77. The zero-order valence-electron chi connectivity index (χ0n) is 13.1. The highest BCUT2D eigenvalue weighted by Gasteiger charge is 2.30. The van der Waals surface area contributed by atoms with E-state index >= 15 is 0 Å². The first-order chi connectivity index (χ1) is 11.9. The maximum absolute atomic E-state index is 13.2. The SMILES string of the molecule is O=C(NC[C@H]1CC(=O)N(c2ccc(Cl)cc2)C1)c1ccc(F)c(F)c1. The number of hydrogen-bond acceptors (Lipinski definition) is 2. The second-order valence-corrected chi connectivity index (χ2v) is 6.33. The fourth-order valence-corrected chi connectivity index (χ4v) is 2.89. The lowest BCUT2D eigenvalue weighted by Gasteiger charge is -2.17. The number of rotatable bonds is 4. The summed E-state index contributed by atoms with van der Waals surface area (Å²) in [4.78, 5) is 25.8. The van der Waals surface area contributed by atoms with Gasteiger partial charge in [-0.15, -0.1) is 0 Å². The van der Waals surface area contributed by atoms with Gasteiger partial charge in [-0.3, -0.25) is 9.59 Å². The van der Waals surface area contributed by atoms with Gasteiger partial charge < -0.3 is 10.2 Å². The highest BCUT2D eigenvalue weighted by atomic mass is 35.5. The van der Waals surface area contributed by atoms with Crippen LogP contribution in [-0.4, -0.2) is 24.9 Å². The smallest absolute Gasteiger partial charge is 0.251 e. The Morgan fingerprint density at radius 1 is 1.16 bits per heavy atom. The average Bonchev–Trinajstić information content (AvgIpc) is 2.96. The summed E-state index contributed by atoms with van der Waals surface area (Å²) in [6.07, 6.45) is 0.306. The number of carbonyl (C=O) groups is 2. The van der Waals surface area contributed by atoms with E-state index in [1.54, 1.807) is 29.2 Å². The van der Waals surface area contributed by atoms with Crippen LogP contribution in [0.25, 0.3) is 0 Å². The Bertz CT molecular complexity index is 811. The Morgan fingerprint density at radius 3 is 2.56 bits per heavy atom. The van der Waals surface area contributed by atoms with Crippen LogP contribution in [0.1, 0.15) is 16.8 Å². The zero-order chi connectivity index (χ0) is 18.0. The lowest BCUT2D eigenvalue weighted by Crippen LogP contribution is -2.31. The molecule has 3 rings (SSSR count).